The van der Waals surface area contributed by atoms with Crippen molar-refractivity contribution in [3.8, 4) is 22.6 Å². The molecule has 3 aromatic carbocycles. The first-order chi connectivity index (χ1) is 25.4. The molecule has 0 aliphatic carbocycles. The van der Waals surface area contributed by atoms with Gasteiger partial charge in [0.1, 0.15) is 37.9 Å². The fraction of sp³-hybridized carbons (Fsp3) is 0.467. The van der Waals surface area contributed by atoms with Gasteiger partial charge in [-0.15, -0.1) is 0 Å². The zero-order chi connectivity index (χ0) is 38.8. The van der Waals surface area contributed by atoms with E-state index in [1.165, 1.54) is 36.0 Å². The standard InChI is InChI=1S/C45H60O8/c1-8-10-11-12-34-13-15-35(16-14-34)17-18-36-19-20-39(37(9-2)27-36)40-29-41(50-23-25-52-43(48)32(3)4)38(21-22-45(7,30-46)31-47)28-42(40)51-24-26-53-44(49)33(5)6/h13-16,19-20,27-29,46-47H,3,5,8-12,17-18,21-26,30-31H2,1-2,4,6-7H3. The molecule has 0 saturated carbocycles. The monoisotopic (exact) mass is 728 g/mol. The Labute approximate surface area is 316 Å². The fourth-order valence-electron chi connectivity index (χ4n) is 5.82. The molecule has 288 valence electrons. The molecule has 3 aromatic rings. The van der Waals surface area contributed by atoms with Gasteiger partial charge in [-0.25, -0.2) is 9.59 Å². The predicted molar refractivity (Wildman–Crippen MR) is 211 cm³/mol. The average Bonchev–Trinajstić information content (AvgIpc) is 3.16. The molecule has 0 aliphatic heterocycles. The number of benzene rings is 3. The van der Waals surface area contributed by atoms with Crippen molar-refractivity contribution in [3.63, 3.8) is 0 Å². The number of hydrogen-bond acceptors (Lipinski definition) is 8. The highest BCUT2D eigenvalue weighted by molar-refractivity contribution is 5.87. The van der Waals surface area contributed by atoms with Gasteiger partial charge >= 0.3 is 11.9 Å². The molecule has 0 saturated heterocycles. The number of unbranched alkanes of at least 4 members (excludes halogenated alkanes) is 2. The third kappa shape index (κ3) is 13.8. The Bertz CT molecular complexity index is 1650. The van der Waals surface area contributed by atoms with E-state index in [1.807, 2.05) is 19.1 Å². The molecule has 0 spiro atoms. The van der Waals surface area contributed by atoms with Gasteiger partial charge in [0.15, 0.2) is 0 Å². The summed E-state index contributed by atoms with van der Waals surface area (Å²) in [5.74, 6) is 0.197. The van der Waals surface area contributed by atoms with Crippen LogP contribution in [0.5, 0.6) is 11.5 Å². The fourth-order valence-corrected chi connectivity index (χ4v) is 5.82. The summed E-state index contributed by atoms with van der Waals surface area (Å²) in [6.45, 7) is 16.6. The summed E-state index contributed by atoms with van der Waals surface area (Å²) < 4.78 is 23.2. The molecule has 8 nitrogen and oxygen atoms in total. The lowest BCUT2D eigenvalue weighted by atomic mass is 9.85. The molecule has 0 amide bonds. The minimum Gasteiger partial charge on any atom is -0.490 e. The molecule has 0 bridgehead atoms. The molecule has 0 atom stereocenters. The maximum atomic E-state index is 12.0. The second-order valence-electron chi connectivity index (χ2n) is 14.2. The number of ether oxygens (including phenoxy) is 4. The Morgan fingerprint density at radius 2 is 1.19 bits per heavy atom. The maximum Gasteiger partial charge on any atom is 0.333 e. The Morgan fingerprint density at radius 1 is 0.642 bits per heavy atom. The molecule has 0 aromatic heterocycles. The van der Waals surface area contributed by atoms with Gasteiger partial charge in [-0.2, -0.15) is 0 Å². The summed E-state index contributed by atoms with van der Waals surface area (Å²) in [4.78, 5) is 24.0. The molecule has 0 aliphatic rings. The highest BCUT2D eigenvalue weighted by atomic mass is 16.6. The number of carbonyl (C=O) groups excluding carboxylic acids is 2. The maximum absolute atomic E-state index is 12.0. The zero-order valence-electron chi connectivity index (χ0n) is 32.6. The van der Waals surface area contributed by atoms with Crippen LogP contribution >= 0.6 is 0 Å². The lowest BCUT2D eigenvalue weighted by Crippen LogP contribution is -2.26. The van der Waals surface area contributed by atoms with Crippen LogP contribution in [-0.2, 0) is 51.2 Å². The van der Waals surface area contributed by atoms with Crippen molar-refractivity contribution in [2.45, 2.75) is 92.4 Å². The van der Waals surface area contributed by atoms with Gasteiger partial charge in [-0.05, 0) is 104 Å². The van der Waals surface area contributed by atoms with E-state index in [9.17, 15) is 19.8 Å². The van der Waals surface area contributed by atoms with Gasteiger partial charge < -0.3 is 29.2 Å². The highest BCUT2D eigenvalue weighted by Gasteiger charge is 2.24. The normalized spacial score (nSPS) is 11.2. The first kappa shape index (κ1) is 43.0. The molecule has 0 fully saturated rings. The second kappa shape index (κ2) is 22.0. The van der Waals surface area contributed by atoms with Gasteiger partial charge in [-0.3, -0.25) is 0 Å². The summed E-state index contributed by atoms with van der Waals surface area (Å²) in [6.07, 6.45) is 8.42. The minimum absolute atomic E-state index is 0.0360. The smallest absolute Gasteiger partial charge is 0.333 e. The molecule has 0 heterocycles. The Hall–Kier alpha value is -4.40. The molecule has 8 heteroatoms. The van der Waals surface area contributed by atoms with E-state index in [4.69, 9.17) is 18.9 Å². The van der Waals surface area contributed by atoms with Gasteiger partial charge in [-0.1, -0.05) is 89.2 Å². The summed E-state index contributed by atoms with van der Waals surface area (Å²) in [5, 5.41) is 20.0. The van der Waals surface area contributed by atoms with E-state index in [0.29, 0.717) is 35.5 Å². The predicted octanol–water partition coefficient (Wildman–Crippen LogP) is 8.35. The summed E-state index contributed by atoms with van der Waals surface area (Å²) >= 11 is 0. The van der Waals surface area contributed by atoms with E-state index in [2.05, 4.69) is 69.5 Å². The van der Waals surface area contributed by atoms with Crippen molar-refractivity contribution < 1.29 is 38.7 Å². The number of rotatable bonds is 24. The number of aryl methyl sites for hydroxylation is 5. The molecule has 53 heavy (non-hydrogen) atoms. The van der Waals surface area contributed by atoms with Crippen molar-refractivity contribution in [1.82, 2.24) is 0 Å². The Morgan fingerprint density at radius 3 is 1.74 bits per heavy atom. The second-order valence-corrected chi connectivity index (χ2v) is 14.2. The number of aliphatic hydroxyl groups is 2. The largest absolute Gasteiger partial charge is 0.490 e. The Balaban J connectivity index is 1.96. The van der Waals surface area contributed by atoms with Crippen LogP contribution in [0.1, 0.15) is 88.1 Å². The first-order valence-corrected chi connectivity index (χ1v) is 18.9. The lowest BCUT2D eigenvalue weighted by molar-refractivity contribution is -0.140. The third-order valence-electron chi connectivity index (χ3n) is 9.40. The molecular weight excluding hydrogens is 668 g/mol. The van der Waals surface area contributed by atoms with Crippen LogP contribution in [0, 0.1) is 5.41 Å². The molecular formula is C45H60O8. The van der Waals surface area contributed by atoms with Crippen LogP contribution in [0.4, 0.5) is 0 Å². The lowest BCUT2D eigenvalue weighted by Gasteiger charge is -2.25. The molecule has 2 N–H and O–H groups in total. The molecule has 0 unspecified atom stereocenters. The summed E-state index contributed by atoms with van der Waals surface area (Å²) in [6, 6.07) is 19.4. The van der Waals surface area contributed by atoms with Gasteiger partial charge in [0.25, 0.3) is 0 Å². The Kier molecular flexibility index (Phi) is 17.8. The van der Waals surface area contributed by atoms with Crippen LogP contribution in [0.2, 0.25) is 0 Å². The highest BCUT2D eigenvalue weighted by Crippen LogP contribution is 2.40. The molecule has 3 rings (SSSR count). The topological polar surface area (TPSA) is 112 Å². The van der Waals surface area contributed by atoms with E-state index >= 15 is 0 Å². The van der Waals surface area contributed by atoms with E-state index in [-0.39, 0.29) is 39.6 Å². The van der Waals surface area contributed by atoms with Gasteiger partial charge in [0, 0.05) is 22.1 Å². The summed E-state index contributed by atoms with van der Waals surface area (Å²) in [7, 11) is 0. The number of aliphatic hydroxyl groups excluding tert-OH is 2. The summed E-state index contributed by atoms with van der Waals surface area (Å²) in [5.41, 5.74) is 7.61. The van der Waals surface area contributed by atoms with Crippen LogP contribution in [-0.4, -0.2) is 61.8 Å². The van der Waals surface area contributed by atoms with Gasteiger partial charge in [0.05, 0.1) is 13.2 Å². The van der Waals surface area contributed by atoms with Crippen LogP contribution < -0.4 is 9.47 Å². The average molecular weight is 729 g/mol. The zero-order valence-corrected chi connectivity index (χ0v) is 32.6. The van der Waals surface area contributed by atoms with E-state index in [0.717, 1.165) is 47.9 Å². The van der Waals surface area contributed by atoms with Crippen molar-refractivity contribution in [3.05, 3.63) is 107 Å². The molecule has 0 radical (unpaired) electrons. The van der Waals surface area contributed by atoms with E-state index < -0.39 is 17.4 Å². The number of hydrogen-bond donors (Lipinski definition) is 2. The van der Waals surface area contributed by atoms with Crippen molar-refractivity contribution in [2.24, 2.45) is 5.41 Å². The number of esters is 2. The van der Waals surface area contributed by atoms with Gasteiger partial charge in [0.2, 0.25) is 0 Å². The van der Waals surface area contributed by atoms with Crippen LogP contribution in [0.25, 0.3) is 11.1 Å². The third-order valence-corrected chi connectivity index (χ3v) is 9.40. The van der Waals surface area contributed by atoms with Crippen LogP contribution in [0.3, 0.4) is 0 Å². The quantitative estimate of drug-likeness (QED) is 0.0538. The SMILES string of the molecule is C=C(C)C(=O)OCCOc1cc(-c2ccc(CCc3ccc(CCCCC)cc3)cc2CC)c(OCCOC(=O)C(=C)C)cc1CCC(C)(CO)CO. The van der Waals surface area contributed by atoms with Crippen LogP contribution in [0.15, 0.2) is 78.9 Å². The number of carbonyl (C=O) groups is 2. The van der Waals surface area contributed by atoms with E-state index in [1.54, 1.807) is 13.8 Å². The van der Waals surface area contributed by atoms with Crippen molar-refractivity contribution in [2.75, 3.05) is 39.6 Å². The van der Waals surface area contributed by atoms with Crippen molar-refractivity contribution >= 4 is 11.9 Å². The minimum atomic E-state index is -0.702. The first-order valence-electron chi connectivity index (χ1n) is 18.9. The van der Waals surface area contributed by atoms with Crippen molar-refractivity contribution in [1.29, 1.82) is 0 Å².